The third-order valence-electron chi connectivity index (χ3n) is 5.07. The van der Waals surface area contributed by atoms with Crippen LogP contribution in [0.5, 0.6) is 5.75 Å². The second kappa shape index (κ2) is 11.5. The molecule has 0 spiro atoms. The number of carbonyl (C=O) groups is 2. The highest BCUT2D eigenvalue weighted by molar-refractivity contribution is 8.26. The third kappa shape index (κ3) is 6.69. The molecule has 0 radical (unpaired) electrons. The standard InChI is InChI=1S/C26H20ClFN2O3S2/c27-21-15-19(9-10-22(21)28)29-24(31)16-33-20-8-4-7-18(13-20)14-23-25(32)30(26(34)35-23)12-11-17-5-2-1-3-6-17/h1-10,13-15H,11-12,16H2,(H,29,31)/b23-14-. The van der Waals surface area contributed by atoms with Crippen LogP contribution < -0.4 is 10.1 Å². The zero-order valence-corrected chi connectivity index (χ0v) is 20.8. The smallest absolute Gasteiger partial charge is 0.266 e. The van der Waals surface area contributed by atoms with Gasteiger partial charge in [-0.1, -0.05) is 78.0 Å². The Balaban J connectivity index is 1.35. The van der Waals surface area contributed by atoms with Gasteiger partial charge in [0.2, 0.25) is 0 Å². The van der Waals surface area contributed by atoms with Gasteiger partial charge in [0.15, 0.2) is 6.61 Å². The Hall–Kier alpha value is -3.20. The highest BCUT2D eigenvalue weighted by atomic mass is 35.5. The average Bonchev–Trinajstić information content (AvgIpc) is 3.11. The van der Waals surface area contributed by atoms with E-state index in [1.165, 1.54) is 30.0 Å². The van der Waals surface area contributed by atoms with Gasteiger partial charge < -0.3 is 10.1 Å². The molecule has 1 fully saturated rings. The molecule has 0 saturated carbocycles. The largest absolute Gasteiger partial charge is 0.484 e. The number of benzene rings is 3. The highest BCUT2D eigenvalue weighted by Crippen LogP contribution is 2.33. The molecule has 35 heavy (non-hydrogen) atoms. The molecule has 2 amide bonds. The summed E-state index contributed by atoms with van der Waals surface area (Å²) in [4.78, 5) is 27.2. The predicted octanol–water partition coefficient (Wildman–Crippen LogP) is 5.94. The number of thioether (sulfide) groups is 1. The Morgan fingerprint density at radius 3 is 2.69 bits per heavy atom. The van der Waals surface area contributed by atoms with Crippen LogP contribution in [0.3, 0.4) is 0 Å². The summed E-state index contributed by atoms with van der Waals surface area (Å²) in [6.07, 6.45) is 2.48. The van der Waals surface area contributed by atoms with E-state index in [0.717, 1.165) is 17.5 Å². The monoisotopic (exact) mass is 526 g/mol. The van der Waals surface area contributed by atoms with Crippen LogP contribution in [0.4, 0.5) is 10.1 Å². The molecule has 0 atom stereocenters. The average molecular weight is 527 g/mol. The molecule has 0 aromatic heterocycles. The van der Waals surface area contributed by atoms with Gasteiger partial charge in [-0.25, -0.2) is 4.39 Å². The normalized spacial score (nSPS) is 14.5. The first-order valence-electron chi connectivity index (χ1n) is 10.7. The van der Waals surface area contributed by atoms with Gasteiger partial charge in [-0.3, -0.25) is 14.5 Å². The van der Waals surface area contributed by atoms with Gasteiger partial charge in [-0.05, 0) is 54.0 Å². The van der Waals surface area contributed by atoms with Crippen molar-refractivity contribution in [2.75, 3.05) is 18.5 Å². The van der Waals surface area contributed by atoms with E-state index >= 15 is 0 Å². The Morgan fingerprint density at radius 2 is 1.91 bits per heavy atom. The van der Waals surface area contributed by atoms with Crippen molar-refractivity contribution in [1.82, 2.24) is 4.90 Å². The number of nitrogens with one attached hydrogen (secondary N) is 1. The molecule has 1 aliphatic heterocycles. The fourth-order valence-corrected chi connectivity index (χ4v) is 4.83. The number of hydrogen-bond donors (Lipinski definition) is 1. The summed E-state index contributed by atoms with van der Waals surface area (Å²) in [6, 6.07) is 20.9. The summed E-state index contributed by atoms with van der Waals surface area (Å²) in [5.41, 5.74) is 2.26. The van der Waals surface area contributed by atoms with Crippen LogP contribution >= 0.6 is 35.6 Å². The van der Waals surface area contributed by atoms with Crippen molar-refractivity contribution < 1.29 is 18.7 Å². The summed E-state index contributed by atoms with van der Waals surface area (Å²) in [6.45, 7) is 0.267. The third-order valence-corrected chi connectivity index (χ3v) is 6.74. The lowest BCUT2D eigenvalue weighted by Crippen LogP contribution is -2.30. The van der Waals surface area contributed by atoms with Crippen LogP contribution in [0.1, 0.15) is 11.1 Å². The first-order valence-corrected chi connectivity index (χ1v) is 12.3. The van der Waals surface area contributed by atoms with Crippen molar-refractivity contribution in [2.45, 2.75) is 6.42 Å². The van der Waals surface area contributed by atoms with Crippen molar-refractivity contribution in [1.29, 1.82) is 0 Å². The van der Waals surface area contributed by atoms with E-state index in [4.69, 9.17) is 28.6 Å². The Bertz CT molecular complexity index is 1300. The summed E-state index contributed by atoms with van der Waals surface area (Å²) in [7, 11) is 0. The molecular formula is C26H20ClFN2O3S2. The van der Waals surface area contributed by atoms with Gasteiger partial charge in [0.1, 0.15) is 15.9 Å². The van der Waals surface area contributed by atoms with Crippen molar-refractivity contribution in [3.63, 3.8) is 0 Å². The SMILES string of the molecule is O=C(COc1cccc(/C=C2\SC(=S)N(CCc3ccccc3)C2=O)c1)Nc1ccc(F)c(Cl)c1. The molecule has 0 aliphatic carbocycles. The maximum Gasteiger partial charge on any atom is 0.266 e. The van der Waals surface area contributed by atoms with E-state index in [1.54, 1.807) is 29.2 Å². The number of nitrogens with zero attached hydrogens (tertiary/aromatic N) is 1. The minimum absolute atomic E-state index is 0.0816. The molecule has 1 saturated heterocycles. The molecular weight excluding hydrogens is 507 g/mol. The summed E-state index contributed by atoms with van der Waals surface area (Å²) in [5, 5.41) is 2.52. The lowest BCUT2D eigenvalue weighted by atomic mass is 10.1. The van der Waals surface area contributed by atoms with Gasteiger partial charge in [-0.15, -0.1) is 0 Å². The van der Waals surface area contributed by atoms with Crippen LogP contribution in [-0.4, -0.2) is 34.2 Å². The lowest BCUT2D eigenvalue weighted by Gasteiger charge is -2.14. The molecule has 5 nitrogen and oxygen atoms in total. The molecule has 1 N–H and O–H groups in total. The molecule has 1 heterocycles. The Morgan fingerprint density at radius 1 is 1.11 bits per heavy atom. The predicted molar refractivity (Wildman–Crippen MR) is 142 cm³/mol. The van der Waals surface area contributed by atoms with Gasteiger partial charge in [0.25, 0.3) is 11.8 Å². The summed E-state index contributed by atoms with van der Waals surface area (Å²) in [5.74, 6) is -0.645. The van der Waals surface area contributed by atoms with E-state index in [1.807, 2.05) is 36.4 Å². The van der Waals surface area contributed by atoms with Gasteiger partial charge in [-0.2, -0.15) is 0 Å². The highest BCUT2D eigenvalue weighted by Gasteiger charge is 2.31. The molecule has 1 aliphatic rings. The van der Waals surface area contributed by atoms with E-state index in [9.17, 15) is 14.0 Å². The van der Waals surface area contributed by atoms with E-state index in [2.05, 4.69) is 5.32 Å². The quantitative estimate of drug-likeness (QED) is 0.291. The number of halogens is 2. The van der Waals surface area contributed by atoms with Crippen molar-refractivity contribution in [3.8, 4) is 5.75 Å². The molecule has 178 valence electrons. The van der Waals surface area contributed by atoms with E-state index in [-0.39, 0.29) is 17.5 Å². The topological polar surface area (TPSA) is 58.6 Å². The van der Waals surface area contributed by atoms with Gasteiger partial charge in [0.05, 0.1) is 9.93 Å². The van der Waals surface area contributed by atoms with Crippen molar-refractivity contribution >= 4 is 63.5 Å². The molecule has 9 heteroatoms. The zero-order chi connectivity index (χ0) is 24.8. The number of hydrogen-bond acceptors (Lipinski definition) is 5. The molecule has 4 rings (SSSR count). The second-order valence-electron chi connectivity index (χ2n) is 7.61. The lowest BCUT2D eigenvalue weighted by molar-refractivity contribution is -0.122. The second-order valence-corrected chi connectivity index (χ2v) is 9.69. The van der Waals surface area contributed by atoms with E-state index in [0.29, 0.717) is 27.2 Å². The number of amides is 2. The van der Waals surface area contributed by atoms with E-state index < -0.39 is 11.7 Å². The minimum atomic E-state index is -0.564. The van der Waals surface area contributed by atoms with Crippen LogP contribution in [0, 0.1) is 5.82 Å². The van der Waals surface area contributed by atoms with Crippen molar-refractivity contribution in [3.05, 3.63) is 99.7 Å². The number of anilines is 1. The van der Waals surface area contributed by atoms with Crippen LogP contribution in [0.15, 0.2) is 77.7 Å². The number of ether oxygens (including phenoxy) is 1. The maximum atomic E-state index is 13.3. The molecule has 3 aromatic rings. The van der Waals surface area contributed by atoms with Crippen molar-refractivity contribution in [2.24, 2.45) is 0 Å². The summed E-state index contributed by atoms with van der Waals surface area (Å²) < 4.78 is 19.4. The van der Waals surface area contributed by atoms with Crippen LogP contribution in [0.25, 0.3) is 6.08 Å². The van der Waals surface area contributed by atoms with Gasteiger partial charge >= 0.3 is 0 Å². The number of thiocarbonyl (C=S) groups is 1. The molecule has 3 aromatic carbocycles. The van der Waals surface area contributed by atoms with Crippen LogP contribution in [-0.2, 0) is 16.0 Å². The zero-order valence-electron chi connectivity index (χ0n) is 18.4. The molecule has 0 unspecified atom stereocenters. The first kappa shape index (κ1) is 24.9. The first-order chi connectivity index (χ1) is 16.9. The minimum Gasteiger partial charge on any atom is -0.484 e. The number of carbonyl (C=O) groups excluding carboxylic acids is 2. The fourth-order valence-electron chi connectivity index (χ4n) is 3.34. The Labute approximate surface area is 216 Å². The van der Waals surface area contributed by atoms with Crippen LogP contribution in [0.2, 0.25) is 5.02 Å². The fraction of sp³-hybridized carbons (Fsp3) is 0.115. The Kier molecular flexibility index (Phi) is 8.17. The summed E-state index contributed by atoms with van der Waals surface area (Å²) >= 11 is 12.4. The maximum absolute atomic E-state index is 13.3. The molecule has 0 bridgehead atoms. The number of rotatable bonds is 8. The van der Waals surface area contributed by atoms with Gasteiger partial charge in [0, 0.05) is 12.2 Å².